The molecule has 0 N–H and O–H groups in total. The van der Waals surface area contributed by atoms with Crippen molar-refractivity contribution in [1.29, 1.82) is 0 Å². The van der Waals surface area contributed by atoms with Gasteiger partial charge in [-0.3, -0.25) is 0 Å². The van der Waals surface area contributed by atoms with Crippen LogP contribution in [-0.2, 0) is 5.41 Å². The largest absolute Gasteiger partial charge is 0.309 e. The molecule has 2 aromatic heterocycles. The van der Waals surface area contributed by atoms with Crippen LogP contribution in [0, 0.1) is 29.1 Å². The Morgan fingerprint density at radius 3 is 1.78 bits per heavy atom. The number of benzene rings is 7. The van der Waals surface area contributed by atoms with E-state index in [0.717, 1.165) is 23.7 Å². The van der Waals surface area contributed by atoms with Crippen molar-refractivity contribution in [3.8, 4) is 33.6 Å². The van der Waals surface area contributed by atoms with Gasteiger partial charge in [-0.05, 0) is 155 Å². The highest BCUT2D eigenvalue weighted by Gasteiger charge is 2.75. The van der Waals surface area contributed by atoms with Gasteiger partial charge in [0, 0.05) is 38.3 Å². The zero-order valence-corrected chi connectivity index (χ0v) is 30.8. The van der Waals surface area contributed by atoms with Gasteiger partial charge in [0.15, 0.2) is 0 Å². The fourth-order valence-corrected chi connectivity index (χ4v) is 14.0. The van der Waals surface area contributed by atoms with Crippen LogP contribution < -0.4 is 0 Å². The molecule has 2 heteroatoms. The topological polar surface area (TPSA) is 9.86 Å². The third kappa shape index (κ3) is 3.50. The van der Waals surface area contributed by atoms with Gasteiger partial charge in [-0.2, -0.15) is 0 Å². The molecule has 5 aliphatic rings. The number of aromatic nitrogens is 2. The molecule has 9 aromatic rings. The Balaban J connectivity index is 0.948. The van der Waals surface area contributed by atoms with Gasteiger partial charge in [-0.1, -0.05) is 97.1 Å². The predicted molar refractivity (Wildman–Crippen MR) is 226 cm³/mol. The van der Waals surface area contributed by atoms with Crippen molar-refractivity contribution >= 4 is 43.6 Å². The molecule has 5 aliphatic carbocycles. The molecular weight excluding hydrogens is 665 g/mol. The first kappa shape index (κ1) is 29.5. The third-order valence-electron chi connectivity index (χ3n) is 15.7. The van der Waals surface area contributed by atoms with E-state index in [2.05, 4.69) is 167 Å². The standard InChI is InChI=1S/C53H40N2/c1-2-10-36(11-3-1)54-48-16-8-5-13-40(48)42-26-33(18-22-50(42)54)34-19-23-51-43(27-34)41-14-6-9-17-49(41)55(51)37-20-21-39-38-12-4-7-15-44(38)53(45(39)28-37)35-24-32-25-46-47(53)31-52(46,29-32)30-35/h1-23,26-28,32,35,46-47H,24-25,29-31H2. The maximum atomic E-state index is 2.66. The Bertz CT molecular complexity index is 3120. The first-order valence-corrected chi connectivity index (χ1v) is 20.6. The second-order valence-corrected chi connectivity index (χ2v) is 17.9. The lowest BCUT2D eigenvalue weighted by atomic mass is 9.35. The fourth-order valence-electron chi connectivity index (χ4n) is 14.0. The van der Waals surface area contributed by atoms with Crippen LogP contribution in [0.2, 0.25) is 0 Å². The normalized spacial score (nSPS) is 26.7. The maximum absolute atomic E-state index is 2.66. The van der Waals surface area contributed by atoms with Gasteiger partial charge in [-0.15, -0.1) is 0 Å². The lowest BCUT2D eigenvalue weighted by Gasteiger charge is -2.68. The molecule has 2 heterocycles. The lowest BCUT2D eigenvalue weighted by molar-refractivity contribution is -0.146. The smallest absolute Gasteiger partial charge is 0.0541 e. The Hall–Kier alpha value is -5.86. The molecule has 4 fully saturated rings. The van der Waals surface area contributed by atoms with Gasteiger partial charge >= 0.3 is 0 Å². The molecule has 14 rings (SSSR count). The van der Waals surface area contributed by atoms with Gasteiger partial charge in [0.05, 0.1) is 22.1 Å². The summed E-state index contributed by atoms with van der Waals surface area (Å²) in [4.78, 5) is 0. The quantitative estimate of drug-likeness (QED) is 0.173. The number of fused-ring (bicyclic) bond motifs is 17. The van der Waals surface area contributed by atoms with Crippen LogP contribution >= 0.6 is 0 Å². The molecule has 0 saturated heterocycles. The van der Waals surface area contributed by atoms with E-state index in [1.165, 1.54) is 109 Å². The highest BCUT2D eigenvalue weighted by molar-refractivity contribution is 6.12. The minimum Gasteiger partial charge on any atom is -0.309 e. The van der Waals surface area contributed by atoms with Crippen LogP contribution in [0.5, 0.6) is 0 Å². The minimum atomic E-state index is 0.164. The highest BCUT2D eigenvalue weighted by Crippen LogP contribution is 2.82. The average molecular weight is 705 g/mol. The van der Waals surface area contributed by atoms with Crippen molar-refractivity contribution in [2.24, 2.45) is 29.1 Å². The van der Waals surface area contributed by atoms with E-state index < -0.39 is 0 Å². The van der Waals surface area contributed by atoms with E-state index in [0.29, 0.717) is 5.41 Å². The van der Waals surface area contributed by atoms with Gasteiger partial charge in [0.1, 0.15) is 0 Å². The first-order chi connectivity index (χ1) is 27.2. The van der Waals surface area contributed by atoms with Crippen molar-refractivity contribution < 1.29 is 0 Å². The molecule has 6 atom stereocenters. The van der Waals surface area contributed by atoms with E-state index in [9.17, 15) is 0 Å². The van der Waals surface area contributed by atoms with Gasteiger partial charge in [0.2, 0.25) is 0 Å². The van der Waals surface area contributed by atoms with E-state index in [1.807, 2.05) is 0 Å². The molecule has 6 unspecified atom stereocenters. The number of rotatable bonds is 3. The molecular formula is C53H40N2. The summed E-state index contributed by atoms with van der Waals surface area (Å²) >= 11 is 0. The Morgan fingerprint density at radius 2 is 1.04 bits per heavy atom. The monoisotopic (exact) mass is 704 g/mol. The van der Waals surface area contributed by atoms with Crippen molar-refractivity contribution in [1.82, 2.24) is 9.13 Å². The number of nitrogens with zero attached hydrogens (tertiary/aromatic N) is 2. The summed E-state index contributed by atoms with van der Waals surface area (Å²) in [5.41, 5.74) is 17.2. The van der Waals surface area contributed by atoms with E-state index in [-0.39, 0.29) is 5.41 Å². The number of hydrogen-bond donors (Lipinski definition) is 0. The number of hydrogen-bond acceptors (Lipinski definition) is 0. The molecule has 55 heavy (non-hydrogen) atoms. The second-order valence-electron chi connectivity index (χ2n) is 17.9. The number of para-hydroxylation sites is 3. The summed E-state index contributed by atoms with van der Waals surface area (Å²) in [6, 6.07) is 60.0. The summed E-state index contributed by atoms with van der Waals surface area (Å²) in [7, 11) is 0. The van der Waals surface area contributed by atoms with Crippen LogP contribution in [-0.4, -0.2) is 9.13 Å². The van der Waals surface area contributed by atoms with E-state index in [4.69, 9.17) is 0 Å². The van der Waals surface area contributed by atoms with Crippen LogP contribution in [0.15, 0.2) is 158 Å². The van der Waals surface area contributed by atoms with Crippen molar-refractivity contribution in [3.63, 3.8) is 0 Å². The zero-order valence-electron chi connectivity index (χ0n) is 30.8. The molecule has 0 radical (unpaired) electrons. The molecule has 7 aromatic carbocycles. The van der Waals surface area contributed by atoms with E-state index >= 15 is 0 Å². The van der Waals surface area contributed by atoms with Crippen molar-refractivity contribution in [2.75, 3.05) is 0 Å². The van der Waals surface area contributed by atoms with Gasteiger partial charge in [-0.25, -0.2) is 0 Å². The van der Waals surface area contributed by atoms with Crippen molar-refractivity contribution in [2.45, 2.75) is 37.5 Å². The Labute approximate surface area is 320 Å². The van der Waals surface area contributed by atoms with E-state index in [1.54, 1.807) is 11.1 Å². The summed E-state index contributed by atoms with van der Waals surface area (Å²) < 4.78 is 4.97. The van der Waals surface area contributed by atoms with Crippen LogP contribution in [0.25, 0.3) is 77.2 Å². The van der Waals surface area contributed by atoms with Crippen LogP contribution in [0.3, 0.4) is 0 Å². The summed E-state index contributed by atoms with van der Waals surface area (Å²) in [6.07, 6.45) is 7.31. The van der Waals surface area contributed by atoms with Gasteiger partial charge < -0.3 is 9.13 Å². The second kappa shape index (κ2) is 10.1. The van der Waals surface area contributed by atoms with Crippen LogP contribution in [0.4, 0.5) is 0 Å². The average Bonchev–Trinajstić information content (AvgIpc) is 3.88. The molecule has 2 spiro atoms. The zero-order chi connectivity index (χ0) is 35.6. The molecule has 2 nitrogen and oxygen atoms in total. The predicted octanol–water partition coefficient (Wildman–Crippen LogP) is 13.3. The van der Waals surface area contributed by atoms with Crippen LogP contribution in [0.1, 0.15) is 43.2 Å². The van der Waals surface area contributed by atoms with Crippen molar-refractivity contribution in [3.05, 3.63) is 169 Å². The minimum absolute atomic E-state index is 0.164. The Morgan fingerprint density at radius 1 is 0.418 bits per heavy atom. The maximum Gasteiger partial charge on any atom is 0.0541 e. The molecule has 0 amide bonds. The molecule has 4 bridgehead atoms. The highest BCUT2D eigenvalue weighted by atomic mass is 15.0. The summed E-state index contributed by atoms with van der Waals surface area (Å²) in [6.45, 7) is 0. The molecule has 0 aliphatic heterocycles. The molecule has 262 valence electrons. The Kier molecular flexibility index (Phi) is 5.39. The first-order valence-electron chi connectivity index (χ1n) is 20.6. The summed E-state index contributed by atoms with van der Waals surface area (Å²) in [5.74, 6) is 3.42. The lowest BCUT2D eigenvalue weighted by Crippen LogP contribution is -2.63. The third-order valence-corrected chi connectivity index (χ3v) is 15.7. The SMILES string of the molecule is c1ccc(-n2c3ccccc3c3cc(-c4ccc5c(c4)c4ccccc4n5-c4ccc5c(c4)C4(c6ccccc6-5)C5CC6CC7C4CC7(C6)C5)ccc32)cc1. The summed E-state index contributed by atoms with van der Waals surface area (Å²) in [5, 5.41) is 5.20. The fraction of sp³-hybridized carbons (Fsp3) is 0.208. The molecule has 4 saturated carbocycles. The van der Waals surface area contributed by atoms with Gasteiger partial charge in [0.25, 0.3) is 0 Å².